The van der Waals surface area contributed by atoms with Crippen molar-refractivity contribution in [3.8, 4) is 11.5 Å². The standard InChI is InChI=1S/C29H41ClO2/c1-3-5-7-8-20-31-27-17-12-24(13-18-27)22-32-29-19-16-26(21-28(29)30)25-14-10-23(11-15-25)9-6-4-2/h12-13,16-19,21,23,25H,3-11,14-15,20,22H2,1-2H3. The van der Waals surface area contributed by atoms with Crippen molar-refractivity contribution in [1.82, 2.24) is 0 Å². The molecule has 3 heteroatoms. The van der Waals surface area contributed by atoms with E-state index in [1.54, 1.807) is 0 Å². The second kappa shape index (κ2) is 13.8. The van der Waals surface area contributed by atoms with Crippen molar-refractivity contribution in [3.63, 3.8) is 0 Å². The number of hydrogen-bond acceptors (Lipinski definition) is 2. The fourth-order valence-electron chi connectivity index (χ4n) is 4.73. The summed E-state index contributed by atoms with van der Waals surface area (Å²) in [5.41, 5.74) is 2.49. The highest BCUT2D eigenvalue weighted by molar-refractivity contribution is 6.32. The second-order valence-electron chi connectivity index (χ2n) is 9.39. The summed E-state index contributed by atoms with van der Waals surface area (Å²) < 4.78 is 11.8. The molecule has 0 saturated heterocycles. The third-order valence-electron chi connectivity index (χ3n) is 6.82. The van der Waals surface area contributed by atoms with Crippen LogP contribution in [0.2, 0.25) is 5.02 Å². The molecule has 32 heavy (non-hydrogen) atoms. The van der Waals surface area contributed by atoms with Crippen molar-refractivity contribution < 1.29 is 9.47 Å². The minimum absolute atomic E-state index is 0.512. The monoisotopic (exact) mass is 456 g/mol. The molecule has 0 amide bonds. The first-order valence-electron chi connectivity index (χ1n) is 12.8. The molecule has 0 heterocycles. The summed E-state index contributed by atoms with van der Waals surface area (Å²) in [6.07, 6.45) is 14.3. The molecular weight excluding hydrogens is 416 g/mol. The van der Waals surface area contributed by atoms with Crippen LogP contribution in [0.5, 0.6) is 11.5 Å². The molecule has 0 radical (unpaired) electrons. The highest BCUT2D eigenvalue weighted by Crippen LogP contribution is 2.39. The summed E-state index contributed by atoms with van der Waals surface area (Å²) >= 11 is 6.59. The lowest BCUT2D eigenvalue weighted by Crippen LogP contribution is -2.13. The van der Waals surface area contributed by atoms with E-state index in [1.807, 2.05) is 12.1 Å². The Bertz CT molecular complexity index is 778. The van der Waals surface area contributed by atoms with Gasteiger partial charge in [-0.1, -0.05) is 82.2 Å². The number of benzene rings is 2. The smallest absolute Gasteiger partial charge is 0.138 e. The molecule has 2 aromatic carbocycles. The Morgan fingerprint density at radius 1 is 0.812 bits per heavy atom. The van der Waals surface area contributed by atoms with Crippen LogP contribution >= 0.6 is 11.6 Å². The molecule has 2 aromatic rings. The van der Waals surface area contributed by atoms with E-state index in [1.165, 1.54) is 69.8 Å². The number of ether oxygens (including phenoxy) is 2. The zero-order valence-corrected chi connectivity index (χ0v) is 20.8. The van der Waals surface area contributed by atoms with Crippen molar-refractivity contribution in [1.29, 1.82) is 0 Å². The summed E-state index contributed by atoms with van der Waals surface area (Å²) in [5.74, 6) is 3.27. The van der Waals surface area contributed by atoms with Crippen molar-refractivity contribution >= 4 is 11.6 Å². The van der Waals surface area contributed by atoms with Crippen LogP contribution in [0.3, 0.4) is 0 Å². The van der Waals surface area contributed by atoms with Crippen LogP contribution in [0.25, 0.3) is 0 Å². The van der Waals surface area contributed by atoms with Crippen LogP contribution < -0.4 is 9.47 Å². The van der Waals surface area contributed by atoms with E-state index in [-0.39, 0.29) is 0 Å². The first kappa shape index (κ1) is 25.0. The molecule has 0 atom stereocenters. The summed E-state index contributed by atoms with van der Waals surface area (Å²) in [6, 6.07) is 14.6. The van der Waals surface area contributed by atoms with Gasteiger partial charge in [-0.3, -0.25) is 0 Å². The molecule has 2 nitrogen and oxygen atoms in total. The Hall–Kier alpha value is -1.67. The van der Waals surface area contributed by atoms with Gasteiger partial charge in [0.05, 0.1) is 11.6 Å². The average molecular weight is 457 g/mol. The van der Waals surface area contributed by atoms with E-state index in [2.05, 4.69) is 44.2 Å². The molecule has 0 N–H and O–H groups in total. The fraction of sp³-hybridized carbons (Fsp3) is 0.586. The van der Waals surface area contributed by atoms with Gasteiger partial charge < -0.3 is 9.47 Å². The maximum absolute atomic E-state index is 6.59. The van der Waals surface area contributed by atoms with Gasteiger partial charge in [0.1, 0.15) is 18.1 Å². The summed E-state index contributed by atoms with van der Waals surface area (Å²) in [4.78, 5) is 0. The minimum atomic E-state index is 0.512. The molecule has 1 saturated carbocycles. The Labute approximate surface area is 200 Å². The van der Waals surface area contributed by atoms with E-state index >= 15 is 0 Å². The molecule has 0 unspecified atom stereocenters. The van der Waals surface area contributed by atoms with E-state index in [0.717, 1.165) is 41.0 Å². The Balaban J connectivity index is 1.44. The number of halogens is 1. The minimum Gasteiger partial charge on any atom is -0.494 e. The van der Waals surface area contributed by atoms with Crippen LogP contribution in [0, 0.1) is 5.92 Å². The number of rotatable bonds is 13. The van der Waals surface area contributed by atoms with Crippen LogP contribution in [0.15, 0.2) is 42.5 Å². The Morgan fingerprint density at radius 3 is 2.25 bits per heavy atom. The molecule has 0 aromatic heterocycles. The fourth-order valence-corrected chi connectivity index (χ4v) is 4.97. The maximum Gasteiger partial charge on any atom is 0.138 e. The largest absolute Gasteiger partial charge is 0.494 e. The topological polar surface area (TPSA) is 18.5 Å². The van der Waals surface area contributed by atoms with E-state index < -0.39 is 0 Å². The predicted molar refractivity (Wildman–Crippen MR) is 136 cm³/mol. The van der Waals surface area contributed by atoms with Crippen LogP contribution in [0.1, 0.15) is 102 Å². The van der Waals surface area contributed by atoms with Gasteiger partial charge in [-0.15, -0.1) is 0 Å². The molecule has 3 rings (SSSR count). The molecule has 1 aliphatic rings. The van der Waals surface area contributed by atoms with Crippen molar-refractivity contribution in [3.05, 3.63) is 58.6 Å². The van der Waals surface area contributed by atoms with Crippen LogP contribution in [-0.2, 0) is 6.61 Å². The average Bonchev–Trinajstić information content (AvgIpc) is 2.83. The van der Waals surface area contributed by atoms with Gasteiger partial charge in [0.2, 0.25) is 0 Å². The first-order chi connectivity index (χ1) is 15.7. The highest BCUT2D eigenvalue weighted by atomic mass is 35.5. The lowest BCUT2D eigenvalue weighted by atomic mass is 9.77. The molecule has 1 aliphatic carbocycles. The van der Waals surface area contributed by atoms with Gasteiger partial charge in [-0.25, -0.2) is 0 Å². The zero-order valence-electron chi connectivity index (χ0n) is 20.1. The molecule has 176 valence electrons. The zero-order chi connectivity index (χ0) is 22.6. The van der Waals surface area contributed by atoms with Crippen molar-refractivity contribution in [2.24, 2.45) is 5.92 Å². The van der Waals surface area contributed by atoms with Gasteiger partial charge in [-0.05, 0) is 79.3 Å². The Morgan fingerprint density at radius 2 is 1.56 bits per heavy atom. The molecule has 1 fully saturated rings. The summed E-state index contributed by atoms with van der Waals surface area (Å²) in [6.45, 7) is 5.82. The number of unbranched alkanes of at least 4 members (excludes halogenated alkanes) is 4. The van der Waals surface area contributed by atoms with Crippen molar-refractivity contribution in [2.75, 3.05) is 6.61 Å². The lowest BCUT2D eigenvalue weighted by molar-refractivity contribution is 0.299. The summed E-state index contributed by atoms with van der Waals surface area (Å²) in [5, 5.41) is 0.725. The Kier molecular flexibility index (Phi) is 10.8. The SMILES string of the molecule is CCCCCCOc1ccc(COc2ccc(C3CCC(CCCC)CC3)cc2Cl)cc1. The van der Waals surface area contributed by atoms with E-state index in [9.17, 15) is 0 Å². The van der Waals surface area contributed by atoms with Gasteiger partial charge in [0, 0.05) is 0 Å². The van der Waals surface area contributed by atoms with Crippen molar-refractivity contribution in [2.45, 2.75) is 97.0 Å². The summed E-state index contributed by atoms with van der Waals surface area (Å²) in [7, 11) is 0. The van der Waals surface area contributed by atoms with Gasteiger partial charge >= 0.3 is 0 Å². The molecule has 0 bridgehead atoms. The predicted octanol–water partition coefficient (Wildman–Crippen LogP) is 9.34. The van der Waals surface area contributed by atoms with Crippen LogP contribution in [-0.4, -0.2) is 6.61 Å². The first-order valence-corrected chi connectivity index (χ1v) is 13.2. The normalized spacial score (nSPS) is 18.5. The second-order valence-corrected chi connectivity index (χ2v) is 9.80. The third-order valence-corrected chi connectivity index (χ3v) is 7.12. The maximum atomic E-state index is 6.59. The van der Waals surface area contributed by atoms with Crippen LogP contribution in [0.4, 0.5) is 0 Å². The lowest BCUT2D eigenvalue weighted by Gasteiger charge is -2.29. The van der Waals surface area contributed by atoms with Gasteiger partial charge in [-0.2, -0.15) is 0 Å². The highest BCUT2D eigenvalue weighted by Gasteiger charge is 2.22. The van der Waals surface area contributed by atoms with Gasteiger partial charge in [0.15, 0.2) is 0 Å². The van der Waals surface area contributed by atoms with E-state index in [0.29, 0.717) is 12.5 Å². The number of hydrogen-bond donors (Lipinski definition) is 0. The molecule has 0 aliphatic heterocycles. The third kappa shape index (κ3) is 8.03. The molecular formula is C29H41ClO2. The van der Waals surface area contributed by atoms with E-state index in [4.69, 9.17) is 21.1 Å². The molecule has 0 spiro atoms. The van der Waals surface area contributed by atoms with Gasteiger partial charge in [0.25, 0.3) is 0 Å². The quantitative estimate of drug-likeness (QED) is 0.279.